The number of hydrogen-bond donors (Lipinski definition) is 1. The van der Waals surface area contributed by atoms with Crippen molar-refractivity contribution in [3.05, 3.63) is 71.8 Å². The minimum Gasteiger partial charge on any atom is -0.385 e. The molecule has 0 saturated carbocycles. The van der Waals surface area contributed by atoms with Crippen LogP contribution in [-0.2, 0) is 5.60 Å². The number of aliphatic hydroxyl groups is 1. The van der Waals surface area contributed by atoms with Crippen LogP contribution in [0.2, 0.25) is 0 Å². The first-order valence-electron chi connectivity index (χ1n) is 5.95. The average molecular weight is 226 g/mol. The average Bonchev–Trinajstić information content (AvgIpc) is 2.40. The second-order valence-corrected chi connectivity index (χ2v) is 4.65. The molecule has 2 rings (SSSR count). The summed E-state index contributed by atoms with van der Waals surface area (Å²) in [4.78, 5) is 0. The van der Waals surface area contributed by atoms with Crippen LogP contribution in [0.3, 0.4) is 0 Å². The summed E-state index contributed by atoms with van der Waals surface area (Å²) < 4.78 is 0. The van der Waals surface area contributed by atoms with Crippen LogP contribution in [0, 0.1) is 0 Å². The molecule has 0 saturated heterocycles. The Labute approximate surface area is 103 Å². The van der Waals surface area contributed by atoms with Crippen molar-refractivity contribution in [1.82, 2.24) is 0 Å². The molecule has 1 heteroatoms. The summed E-state index contributed by atoms with van der Waals surface area (Å²) >= 11 is 0. The highest BCUT2D eigenvalue weighted by Crippen LogP contribution is 2.35. The zero-order valence-corrected chi connectivity index (χ0v) is 10.3. The third-order valence-electron chi connectivity index (χ3n) is 3.50. The first-order chi connectivity index (χ1) is 8.12. The number of rotatable bonds is 3. The fraction of sp³-hybridized carbons (Fsp3) is 0.250. The summed E-state index contributed by atoms with van der Waals surface area (Å²) in [5, 5.41) is 10.7. The molecule has 0 fully saturated rings. The SMILES string of the molecule is C[C@@H](c1ccccc1)[C@](C)(O)c1ccccc1. The fourth-order valence-corrected chi connectivity index (χ4v) is 2.09. The second-order valence-electron chi connectivity index (χ2n) is 4.65. The lowest BCUT2D eigenvalue weighted by atomic mass is 9.80. The summed E-state index contributed by atoms with van der Waals surface area (Å²) in [5.41, 5.74) is 1.26. The third-order valence-corrected chi connectivity index (χ3v) is 3.50. The molecule has 2 aromatic rings. The van der Waals surface area contributed by atoms with Crippen LogP contribution in [-0.4, -0.2) is 5.11 Å². The van der Waals surface area contributed by atoms with E-state index < -0.39 is 5.60 Å². The van der Waals surface area contributed by atoms with Gasteiger partial charge >= 0.3 is 0 Å². The Kier molecular flexibility index (Phi) is 3.30. The minimum atomic E-state index is -0.845. The molecular formula is C16H18O. The summed E-state index contributed by atoms with van der Waals surface area (Å²) in [5.74, 6) is 0.0612. The lowest BCUT2D eigenvalue weighted by molar-refractivity contribution is 0.0324. The Morgan fingerprint density at radius 1 is 0.882 bits per heavy atom. The first kappa shape index (κ1) is 11.9. The van der Waals surface area contributed by atoms with Gasteiger partial charge in [0.25, 0.3) is 0 Å². The molecule has 0 aliphatic carbocycles. The van der Waals surface area contributed by atoms with E-state index in [9.17, 15) is 5.11 Å². The van der Waals surface area contributed by atoms with Crippen molar-refractivity contribution in [3.8, 4) is 0 Å². The zero-order chi connectivity index (χ0) is 12.3. The van der Waals surface area contributed by atoms with E-state index in [0.29, 0.717) is 0 Å². The van der Waals surface area contributed by atoms with Gasteiger partial charge in [-0.15, -0.1) is 0 Å². The van der Waals surface area contributed by atoms with Crippen molar-refractivity contribution in [1.29, 1.82) is 0 Å². The van der Waals surface area contributed by atoms with Gasteiger partial charge in [0.05, 0.1) is 5.60 Å². The highest BCUT2D eigenvalue weighted by atomic mass is 16.3. The highest BCUT2D eigenvalue weighted by molar-refractivity contribution is 5.29. The molecule has 1 nitrogen and oxygen atoms in total. The van der Waals surface area contributed by atoms with E-state index >= 15 is 0 Å². The van der Waals surface area contributed by atoms with Crippen molar-refractivity contribution in [2.45, 2.75) is 25.4 Å². The monoisotopic (exact) mass is 226 g/mol. The third kappa shape index (κ3) is 2.40. The van der Waals surface area contributed by atoms with Crippen LogP contribution in [0.25, 0.3) is 0 Å². The van der Waals surface area contributed by atoms with Crippen LogP contribution in [0.5, 0.6) is 0 Å². The van der Waals surface area contributed by atoms with E-state index in [4.69, 9.17) is 0 Å². The van der Waals surface area contributed by atoms with E-state index in [1.54, 1.807) is 0 Å². The van der Waals surface area contributed by atoms with Crippen LogP contribution < -0.4 is 0 Å². The fourth-order valence-electron chi connectivity index (χ4n) is 2.09. The van der Waals surface area contributed by atoms with Gasteiger partial charge in [-0.05, 0) is 18.1 Å². The molecule has 0 amide bonds. The molecule has 17 heavy (non-hydrogen) atoms. The smallest absolute Gasteiger partial charge is 0.0934 e. The molecule has 1 N–H and O–H groups in total. The summed E-state index contributed by atoms with van der Waals surface area (Å²) in [6.07, 6.45) is 0. The second kappa shape index (κ2) is 4.72. The molecule has 0 spiro atoms. The van der Waals surface area contributed by atoms with Crippen molar-refractivity contribution < 1.29 is 5.11 Å². The van der Waals surface area contributed by atoms with E-state index in [1.807, 2.05) is 55.5 Å². The highest BCUT2D eigenvalue weighted by Gasteiger charge is 2.30. The van der Waals surface area contributed by atoms with Crippen LogP contribution in [0.4, 0.5) is 0 Å². The van der Waals surface area contributed by atoms with Crippen LogP contribution in [0.15, 0.2) is 60.7 Å². The normalized spacial score (nSPS) is 16.2. The molecule has 0 aromatic heterocycles. The van der Waals surface area contributed by atoms with Gasteiger partial charge in [-0.1, -0.05) is 67.6 Å². The molecule has 0 aliphatic rings. The molecule has 2 atom stereocenters. The summed E-state index contributed by atoms with van der Waals surface area (Å²) in [7, 11) is 0. The first-order valence-corrected chi connectivity index (χ1v) is 5.95. The Balaban J connectivity index is 2.33. The Bertz CT molecular complexity index is 459. The van der Waals surface area contributed by atoms with Gasteiger partial charge in [0, 0.05) is 5.92 Å². The van der Waals surface area contributed by atoms with Gasteiger partial charge in [0.15, 0.2) is 0 Å². The van der Waals surface area contributed by atoms with E-state index in [1.165, 1.54) is 0 Å². The maximum atomic E-state index is 10.7. The molecule has 0 heterocycles. The van der Waals surface area contributed by atoms with Crippen LogP contribution >= 0.6 is 0 Å². The number of benzene rings is 2. The molecule has 88 valence electrons. The standard InChI is InChI=1S/C16H18O/c1-13(14-9-5-3-6-10-14)16(2,17)15-11-7-4-8-12-15/h3-13,17H,1-2H3/t13-,16-/m0/s1. The summed E-state index contributed by atoms with van der Waals surface area (Å²) in [6, 6.07) is 20.0. The Hall–Kier alpha value is -1.60. The van der Waals surface area contributed by atoms with Gasteiger partial charge < -0.3 is 5.11 Å². The van der Waals surface area contributed by atoms with Gasteiger partial charge in [-0.25, -0.2) is 0 Å². The topological polar surface area (TPSA) is 20.2 Å². The lowest BCUT2D eigenvalue weighted by Crippen LogP contribution is -2.28. The molecule has 0 unspecified atom stereocenters. The van der Waals surface area contributed by atoms with E-state index in [2.05, 4.69) is 19.1 Å². The van der Waals surface area contributed by atoms with Gasteiger partial charge in [-0.2, -0.15) is 0 Å². The maximum Gasteiger partial charge on any atom is 0.0934 e. The Morgan fingerprint density at radius 3 is 1.88 bits per heavy atom. The van der Waals surface area contributed by atoms with E-state index in [-0.39, 0.29) is 5.92 Å². The van der Waals surface area contributed by atoms with Crippen molar-refractivity contribution in [3.63, 3.8) is 0 Å². The predicted molar refractivity (Wildman–Crippen MR) is 70.9 cm³/mol. The quantitative estimate of drug-likeness (QED) is 0.846. The molecule has 0 aliphatic heterocycles. The molecule has 0 bridgehead atoms. The predicted octanol–water partition coefficient (Wildman–Crippen LogP) is 3.70. The van der Waals surface area contributed by atoms with Crippen molar-refractivity contribution >= 4 is 0 Å². The minimum absolute atomic E-state index is 0.0612. The van der Waals surface area contributed by atoms with Gasteiger partial charge in [-0.3, -0.25) is 0 Å². The molecular weight excluding hydrogens is 208 g/mol. The molecule has 0 radical (unpaired) electrons. The van der Waals surface area contributed by atoms with Gasteiger partial charge in [0.1, 0.15) is 0 Å². The van der Waals surface area contributed by atoms with Crippen molar-refractivity contribution in [2.75, 3.05) is 0 Å². The number of hydrogen-bond acceptors (Lipinski definition) is 1. The lowest BCUT2D eigenvalue weighted by Gasteiger charge is -2.31. The largest absolute Gasteiger partial charge is 0.385 e. The summed E-state index contributed by atoms with van der Waals surface area (Å²) in [6.45, 7) is 3.93. The zero-order valence-electron chi connectivity index (χ0n) is 10.3. The maximum absolute atomic E-state index is 10.7. The van der Waals surface area contributed by atoms with Crippen molar-refractivity contribution in [2.24, 2.45) is 0 Å². The van der Waals surface area contributed by atoms with Crippen LogP contribution in [0.1, 0.15) is 30.9 Å². The molecule has 2 aromatic carbocycles. The Morgan fingerprint density at radius 2 is 1.35 bits per heavy atom. The van der Waals surface area contributed by atoms with E-state index in [0.717, 1.165) is 11.1 Å². The van der Waals surface area contributed by atoms with Gasteiger partial charge in [0.2, 0.25) is 0 Å².